The van der Waals surface area contributed by atoms with E-state index in [1.165, 1.54) is 11.1 Å². The third kappa shape index (κ3) is 3.24. The maximum Gasteiger partial charge on any atom is 0.307 e. The highest BCUT2D eigenvalue weighted by molar-refractivity contribution is 5.95. The molecule has 0 amide bonds. The summed E-state index contributed by atoms with van der Waals surface area (Å²) < 4.78 is 0. The third-order valence-corrected chi connectivity index (χ3v) is 5.02. The van der Waals surface area contributed by atoms with Crippen LogP contribution in [0, 0.1) is 0 Å². The lowest BCUT2D eigenvalue weighted by Gasteiger charge is -2.06. The second kappa shape index (κ2) is 7.12. The Balaban J connectivity index is 1.84. The molecule has 0 aliphatic heterocycles. The summed E-state index contributed by atoms with van der Waals surface area (Å²) in [7, 11) is 0. The third-order valence-electron chi connectivity index (χ3n) is 5.02. The van der Waals surface area contributed by atoms with Crippen LogP contribution in [0.4, 0.5) is 0 Å². The maximum atomic E-state index is 11.5. The predicted octanol–water partition coefficient (Wildman–Crippen LogP) is 5.69. The summed E-state index contributed by atoms with van der Waals surface area (Å²) in [5.41, 5.74) is 7.30. The average molecular weight is 355 g/mol. The van der Waals surface area contributed by atoms with Crippen LogP contribution in [-0.2, 0) is 17.6 Å². The standard InChI is InChI=1S/C24H21NO2/c1-2-16-9-6-10-20-21(15-22(26)27)24(25-23(16)20)19-13-11-18(12-14-19)17-7-4-3-5-8-17/h3-14,25H,2,15H2,1H3,(H,26,27). The number of rotatable bonds is 5. The van der Waals surface area contributed by atoms with Crippen molar-refractivity contribution in [1.29, 1.82) is 0 Å². The van der Waals surface area contributed by atoms with E-state index in [1.807, 2.05) is 30.3 Å². The van der Waals surface area contributed by atoms with Gasteiger partial charge in [0.25, 0.3) is 0 Å². The van der Waals surface area contributed by atoms with E-state index in [-0.39, 0.29) is 6.42 Å². The fraction of sp³-hybridized carbons (Fsp3) is 0.125. The Morgan fingerprint density at radius 3 is 2.19 bits per heavy atom. The molecule has 0 bridgehead atoms. The van der Waals surface area contributed by atoms with Crippen molar-refractivity contribution in [3.05, 3.63) is 83.9 Å². The first-order valence-electron chi connectivity index (χ1n) is 9.17. The number of aryl methyl sites for hydroxylation is 1. The molecule has 4 rings (SSSR count). The normalized spacial score (nSPS) is 11.0. The van der Waals surface area contributed by atoms with Crippen LogP contribution >= 0.6 is 0 Å². The minimum absolute atomic E-state index is 0.00291. The number of carboxylic acids is 1. The van der Waals surface area contributed by atoms with Gasteiger partial charge >= 0.3 is 5.97 Å². The number of carbonyl (C=O) groups is 1. The van der Waals surface area contributed by atoms with Crippen molar-refractivity contribution in [2.75, 3.05) is 0 Å². The molecule has 27 heavy (non-hydrogen) atoms. The van der Waals surface area contributed by atoms with Crippen LogP contribution in [-0.4, -0.2) is 16.1 Å². The molecular formula is C24H21NO2. The first kappa shape index (κ1) is 17.1. The number of fused-ring (bicyclic) bond motifs is 1. The van der Waals surface area contributed by atoms with E-state index in [4.69, 9.17) is 0 Å². The van der Waals surface area contributed by atoms with E-state index in [0.29, 0.717) is 0 Å². The highest BCUT2D eigenvalue weighted by Crippen LogP contribution is 2.33. The number of nitrogens with one attached hydrogen (secondary N) is 1. The fourth-order valence-electron chi connectivity index (χ4n) is 3.67. The quantitative estimate of drug-likeness (QED) is 0.483. The van der Waals surface area contributed by atoms with E-state index >= 15 is 0 Å². The number of aromatic amines is 1. The molecule has 0 atom stereocenters. The number of hydrogen-bond donors (Lipinski definition) is 2. The molecule has 134 valence electrons. The van der Waals surface area contributed by atoms with Gasteiger partial charge in [-0.1, -0.05) is 79.7 Å². The number of aromatic nitrogens is 1. The van der Waals surface area contributed by atoms with Gasteiger partial charge < -0.3 is 10.1 Å². The van der Waals surface area contributed by atoms with E-state index in [1.54, 1.807) is 0 Å². The lowest BCUT2D eigenvalue weighted by atomic mass is 9.99. The number of carboxylic acid groups (broad SMARTS) is 1. The summed E-state index contributed by atoms with van der Waals surface area (Å²) in [5, 5.41) is 10.4. The lowest BCUT2D eigenvalue weighted by molar-refractivity contribution is -0.136. The second-order valence-corrected chi connectivity index (χ2v) is 6.69. The molecule has 0 saturated heterocycles. The zero-order chi connectivity index (χ0) is 18.8. The minimum Gasteiger partial charge on any atom is -0.481 e. The summed E-state index contributed by atoms with van der Waals surface area (Å²) in [4.78, 5) is 15.0. The predicted molar refractivity (Wildman–Crippen MR) is 110 cm³/mol. The molecule has 3 heteroatoms. The molecule has 0 unspecified atom stereocenters. The Labute approximate surface area is 158 Å². The highest BCUT2D eigenvalue weighted by Gasteiger charge is 2.17. The van der Waals surface area contributed by atoms with Crippen molar-refractivity contribution in [2.45, 2.75) is 19.8 Å². The topological polar surface area (TPSA) is 53.1 Å². The van der Waals surface area contributed by atoms with Crippen molar-refractivity contribution in [2.24, 2.45) is 0 Å². The Morgan fingerprint density at radius 1 is 0.852 bits per heavy atom. The van der Waals surface area contributed by atoms with Crippen LogP contribution in [0.3, 0.4) is 0 Å². The van der Waals surface area contributed by atoms with Gasteiger partial charge in [-0.2, -0.15) is 0 Å². The minimum atomic E-state index is -0.819. The number of aliphatic carboxylic acids is 1. The first-order chi connectivity index (χ1) is 13.2. The van der Waals surface area contributed by atoms with Gasteiger partial charge in [-0.3, -0.25) is 4.79 Å². The molecule has 2 N–H and O–H groups in total. The Morgan fingerprint density at radius 2 is 1.52 bits per heavy atom. The Bertz CT molecular complexity index is 1090. The molecule has 3 nitrogen and oxygen atoms in total. The molecule has 1 aromatic heterocycles. The van der Waals surface area contributed by atoms with Crippen LogP contribution < -0.4 is 0 Å². The van der Waals surface area contributed by atoms with Crippen LogP contribution in [0.15, 0.2) is 72.8 Å². The summed E-state index contributed by atoms with van der Waals surface area (Å²) in [6.45, 7) is 2.11. The van der Waals surface area contributed by atoms with Crippen LogP contribution in [0.2, 0.25) is 0 Å². The van der Waals surface area contributed by atoms with Crippen LogP contribution in [0.25, 0.3) is 33.3 Å². The smallest absolute Gasteiger partial charge is 0.307 e. The fourth-order valence-corrected chi connectivity index (χ4v) is 3.67. The van der Waals surface area contributed by atoms with E-state index in [2.05, 4.69) is 54.4 Å². The van der Waals surface area contributed by atoms with Gasteiger partial charge in [0.15, 0.2) is 0 Å². The molecule has 3 aromatic carbocycles. The molecule has 0 fully saturated rings. The van der Waals surface area contributed by atoms with E-state index < -0.39 is 5.97 Å². The largest absolute Gasteiger partial charge is 0.481 e. The monoisotopic (exact) mass is 355 g/mol. The summed E-state index contributed by atoms with van der Waals surface area (Å²) in [6.07, 6.45) is 0.902. The zero-order valence-electron chi connectivity index (χ0n) is 15.2. The van der Waals surface area contributed by atoms with Gasteiger partial charge in [-0.15, -0.1) is 0 Å². The Hall–Kier alpha value is -3.33. The summed E-state index contributed by atoms with van der Waals surface area (Å²) >= 11 is 0. The van der Waals surface area contributed by atoms with Crippen molar-refractivity contribution < 1.29 is 9.90 Å². The van der Waals surface area contributed by atoms with Gasteiger partial charge in [0.2, 0.25) is 0 Å². The van der Waals surface area contributed by atoms with Gasteiger partial charge in [-0.05, 0) is 34.2 Å². The van der Waals surface area contributed by atoms with Crippen molar-refractivity contribution in [3.63, 3.8) is 0 Å². The SMILES string of the molecule is CCc1cccc2c(CC(=O)O)c(-c3ccc(-c4ccccc4)cc3)[nH]c12. The molecule has 0 radical (unpaired) electrons. The maximum absolute atomic E-state index is 11.5. The molecule has 0 spiro atoms. The molecule has 0 aliphatic rings. The molecule has 0 aliphatic carbocycles. The number of hydrogen-bond acceptors (Lipinski definition) is 1. The average Bonchev–Trinajstić information content (AvgIpc) is 3.07. The van der Waals surface area contributed by atoms with Crippen molar-refractivity contribution in [1.82, 2.24) is 4.98 Å². The zero-order valence-corrected chi connectivity index (χ0v) is 15.2. The van der Waals surface area contributed by atoms with Gasteiger partial charge in [-0.25, -0.2) is 0 Å². The van der Waals surface area contributed by atoms with Crippen LogP contribution in [0.5, 0.6) is 0 Å². The van der Waals surface area contributed by atoms with Gasteiger partial charge in [0, 0.05) is 10.9 Å². The van der Waals surface area contributed by atoms with Crippen LogP contribution in [0.1, 0.15) is 18.1 Å². The molecular weight excluding hydrogens is 334 g/mol. The van der Waals surface area contributed by atoms with Gasteiger partial charge in [0.05, 0.1) is 12.1 Å². The molecule has 4 aromatic rings. The number of para-hydroxylation sites is 1. The van der Waals surface area contributed by atoms with Crippen molar-refractivity contribution in [3.8, 4) is 22.4 Å². The second-order valence-electron chi connectivity index (χ2n) is 6.69. The summed E-state index contributed by atoms with van der Waals surface area (Å²) in [5.74, 6) is -0.819. The first-order valence-corrected chi connectivity index (χ1v) is 9.17. The highest BCUT2D eigenvalue weighted by atomic mass is 16.4. The van der Waals surface area contributed by atoms with E-state index in [0.717, 1.165) is 39.7 Å². The molecule has 1 heterocycles. The summed E-state index contributed by atoms with van der Waals surface area (Å²) in [6, 6.07) is 24.6. The Kier molecular flexibility index (Phi) is 4.51. The number of H-pyrrole nitrogens is 1. The van der Waals surface area contributed by atoms with Gasteiger partial charge in [0.1, 0.15) is 0 Å². The number of benzene rings is 3. The molecule has 0 saturated carbocycles. The lowest BCUT2D eigenvalue weighted by Crippen LogP contribution is -2.00. The van der Waals surface area contributed by atoms with E-state index in [9.17, 15) is 9.90 Å². The van der Waals surface area contributed by atoms with Crippen molar-refractivity contribution >= 4 is 16.9 Å².